The lowest BCUT2D eigenvalue weighted by atomic mass is 10.3. The van der Waals surface area contributed by atoms with Crippen LogP contribution in [0.4, 0.5) is 4.79 Å². The van der Waals surface area contributed by atoms with E-state index in [4.69, 9.17) is 0 Å². The Labute approximate surface area is 110 Å². The van der Waals surface area contributed by atoms with Crippen LogP contribution in [0.1, 0.15) is 10.4 Å². The number of hydrogen-bond donors (Lipinski definition) is 2. The van der Waals surface area contributed by atoms with Crippen molar-refractivity contribution in [3.8, 4) is 0 Å². The minimum Gasteiger partial charge on any atom is -0.338 e. The highest BCUT2D eigenvalue weighted by Gasteiger charge is 2.00. The molecule has 0 aromatic carbocycles. The van der Waals surface area contributed by atoms with Crippen LogP contribution >= 0.6 is 11.3 Å². The first-order valence-electron chi connectivity index (χ1n) is 5.77. The summed E-state index contributed by atoms with van der Waals surface area (Å²) in [6.45, 7) is 1.18. The van der Waals surface area contributed by atoms with Crippen LogP contribution < -0.4 is 10.6 Å². The SMILES string of the molecule is O=C(NCCc1cccs1)NCc1ccncc1. The van der Waals surface area contributed by atoms with Gasteiger partial charge in [0.15, 0.2) is 0 Å². The van der Waals surface area contributed by atoms with Crippen LogP contribution in [0.25, 0.3) is 0 Å². The van der Waals surface area contributed by atoms with Crippen LogP contribution in [0.3, 0.4) is 0 Å². The van der Waals surface area contributed by atoms with Gasteiger partial charge in [-0.05, 0) is 35.6 Å². The van der Waals surface area contributed by atoms with Gasteiger partial charge in [-0.1, -0.05) is 6.07 Å². The lowest BCUT2D eigenvalue weighted by molar-refractivity contribution is 0.240. The highest BCUT2D eigenvalue weighted by molar-refractivity contribution is 7.09. The van der Waals surface area contributed by atoms with E-state index >= 15 is 0 Å². The fourth-order valence-electron chi connectivity index (χ4n) is 1.50. The van der Waals surface area contributed by atoms with Gasteiger partial charge in [0.1, 0.15) is 0 Å². The second-order valence-corrected chi connectivity index (χ2v) is 4.83. The van der Waals surface area contributed by atoms with E-state index in [1.807, 2.05) is 23.6 Å². The normalized spacial score (nSPS) is 10.0. The van der Waals surface area contributed by atoms with E-state index in [0.29, 0.717) is 13.1 Å². The molecule has 2 aromatic rings. The van der Waals surface area contributed by atoms with Crippen molar-refractivity contribution in [2.45, 2.75) is 13.0 Å². The number of nitrogens with one attached hydrogen (secondary N) is 2. The lowest BCUT2D eigenvalue weighted by Crippen LogP contribution is -2.36. The number of amides is 2. The molecule has 2 rings (SSSR count). The summed E-state index contributed by atoms with van der Waals surface area (Å²) < 4.78 is 0. The van der Waals surface area contributed by atoms with Crippen molar-refractivity contribution in [3.63, 3.8) is 0 Å². The van der Waals surface area contributed by atoms with Gasteiger partial charge >= 0.3 is 6.03 Å². The first-order valence-corrected chi connectivity index (χ1v) is 6.65. The zero-order valence-electron chi connectivity index (χ0n) is 9.93. The molecule has 18 heavy (non-hydrogen) atoms. The van der Waals surface area contributed by atoms with Gasteiger partial charge in [-0.3, -0.25) is 4.98 Å². The molecule has 0 atom stereocenters. The Bertz CT molecular complexity index is 470. The van der Waals surface area contributed by atoms with Gasteiger partial charge in [0.2, 0.25) is 0 Å². The fraction of sp³-hybridized carbons (Fsp3) is 0.231. The number of thiophene rings is 1. The van der Waals surface area contributed by atoms with Crippen molar-refractivity contribution in [2.75, 3.05) is 6.54 Å². The van der Waals surface area contributed by atoms with Crippen molar-refractivity contribution >= 4 is 17.4 Å². The first-order chi connectivity index (χ1) is 8.84. The van der Waals surface area contributed by atoms with E-state index in [1.54, 1.807) is 23.7 Å². The molecule has 2 heterocycles. The van der Waals surface area contributed by atoms with Crippen LogP contribution in [-0.4, -0.2) is 17.6 Å². The van der Waals surface area contributed by atoms with Crippen molar-refractivity contribution in [2.24, 2.45) is 0 Å². The Morgan fingerprint density at radius 1 is 1.22 bits per heavy atom. The summed E-state index contributed by atoms with van der Waals surface area (Å²) in [6, 6.07) is 7.71. The molecule has 94 valence electrons. The zero-order valence-corrected chi connectivity index (χ0v) is 10.7. The van der Waals surface area contributed by atoms with E-state index in [9.17, 15) is 4.79 Å². The van der Waals surface area contributed by atoms with Gasteiger partial charge in [-0.15, -0.1) is 11.3 Å². The summed E-state index contributed by atoms with van der Waals surface area (Å²) in [5, 5.41) is 7.68. The van der Waals surface area contributed by atoms with E-state index in [1.165, 1.54) is 4.88 Å². The molecular formula is C13H15N3OS. The number of rotatable bonds is 5. The fourth-order valence-corrected chi connectivity index (χ4v) is 2.21. The van der Waals surface area contributed by atoms with Crippen molar-refractivity contribution in [1.82, 2.24) is 15.6 Å². The van der Waals surface area contributed by atoms with Gasteiger partial charge < -0.3 is 10.6 Å². The van der Waals surface area contributed by atoms with Crippen LogP contribution in [0.15, 0.2) is 42.0 Å². The summed E-state index contributed by atoms with van der Waals surface area (Å²) in [4.78, 5) is 16.7. The third kappa shape index (κ3) is 4.18. The van der Waals surface area contributed by atoms with Gasteiger partial charge in [0.05, 0.1) is 0 Å². The lowest BCUT2D eigenvalue weighted by Gasteiger charge is -2.06. The monoisotopic (exact) mass is 261 g/mol. The van der Waals surface area contributed by atoms with Crippen LogP contribution in [-0.2, 0) is 13.0 Å². The predicted octanol–water partition coefficient (Wildman–Crippen LogP) is 2.19. The maximum atomic E-state index is 11.5. The quantitative estimate of drug-likeness (QED) is 0.867. The van der Waals surface area contributed by atoms with E-state index in [2.05, 4.69) is 21.7 Å². The molecule has 0 aliphatic rings. The van der Waals surface area contributed by atoms with E-state index in [-0.39, 0.29) is 6.03 Å². The molecule has 0 radical (unpaired) electrons. The Morgan fingerprint density at radius 3 is 2.78 bits per heavy atom. The third-order valence-corrected chi connectivity index (χ3v) is 3.38. The minimum absolute atomic E-state index is 0.136. The average molecular weight is 261 g/mol. The Balaban J connectivity index is 1.63. The maximum Gasteiger partial charge on any atom is 0.315 e. The third-order valence-electron chi connectivity index (χ3n) is 2.44. The Kier molecular flexibility index (Phi) is 4.72. The topological polar surface area (TPSA) is 54.0 Å². The van der Waals surface area contributed by atoms with Gasteiger partial charge in [0, 0.05) is 30.4 Å². The summed E-state index contributed by atoms with van der Waals surface area (Å²) in [6.07, 6.45) is 4.30. The highest BCUT2D eigenvalue weighted by atomic mass is 32.1. The van der Waals surface area contributed by atoms with Gasteiger partial charge in [-0.25, -0.2) is 4.79 Å². The number of aromatic nitrogens is 1. The molecule has 2 aromatic heterocycles. The smallest absolute Gasteiger partial charge is 0.315 e. The van der Waals surface area contributed by atoms with E-state index in [0.717, 1.165) is 12.0 Å². The molecule has 0 unspecified atom stereocenters. The van der Waals surface area contributed by atoms with Crippen LogP contribution in [0.5, 0.6) is 0 Å². The molecule has 0 bridgehead atoms. The zero-order chi connectivity index (χ0) is 12.6. The number of pyridine rings is 1. The van der Waals surface area contributed by atoms with Gasteiger partial charge in [0.25, 0.3) is 0 Å². The van der Waals surface area contributed by atoms with Gasteiger partial charge in [-0.2, -0.15) is 0 Å². The summed E-state index contributed by atoms with van der Waals surface area (Å²) in [5.74, 6) is 0. The van der Waals surface area contributed by atoms with Crippen molar-refractivity contribution in [1.29, 1.82) is 0 Å². The summed E-state index contributed by atoms with van der Waals surface area (Å²) >= 11 is 1.71. The molecular weight excluding hydrogens is 246 g/mol. The second kappa shape index (κ2) is 6.76. The maximum absolute atomic E-state index is 11.5. The number of carbonyl (C=O) groups is 1. The molecule has 2 N–H and O–H groups in total. The van der Waals surface area contributed by atoms with E-state index < -0.39 is 0 Å². The van der Waals surface area contributed by atoms with Crippen molar-refractivity contribution in [3.05, 3.63) is 52.5 Å². The summed E-state index contributed by atoms with van der Waals surface area (Å²) in [5.41, 5.74) is 1.04. The molecule has 0 saturated carbocycles. The Morgan fingerprint density at radius 2 is 2.06 bits per heavy atom. The summed E-state index contributed by atoms with van der Waals surface area (Å²) in [7, 11) is 0. The minimum atomic E-state index is -0.136. The first kappa shape index (κ1) is 12.6. The average Bonchev–Trinajstić information content (AvgIpc) is 2.91. The molecule has 0 spiro atoms. The second-order valence-electron chi connectivity index (χ2n) is 3.79. The largest absolute Gasteiger partial charge is 0.338 e. The van der Waals surface area contributed by atoms with Crippen molar-refractivity contribution < 1.29 is 4.79 Å². The highest BCUT2D eigenvalue weighted by Crippen LogP contribution is 2.07. The molecule has 4 nitrogen and oxygen atoms in total. The number of hydrogen-bond acceptors (Lipinski definition) is 3. The molecule has 0 aliphatic carbocycles. The number of carbonyl (C=O) groups excluding carboxylic acids is 1. The Hall–Kier alpha value is -1.88. The molecule has 0 saturated heterocycles. The van der Waals surface area contributed by atoms with Crippen LogP contribution in [0, 0.1) is 0 Å². The van der Waals surface area contributed by atoms with Crippen LogP contribution in [0.2, 0.25) is 0 Å². The number of nitrogens with zero attached hydrogens (tertiary/aromatic N) is 1. The molecule has 2 amide bonds. The molecule has 0 aliphatic heterocycles. The number of urea groups is 1. The molecule has 0 fully saturated rings. The standard InChI is InChI=1S/C13H15N3OS/c17-13(15-8-5-12-2-1-9-18-12)16-10-11-3-6-14-7-4-11/h1-4,6-7,9H,5,8,10H2,(H2,15,16,17). The molecule has 5 heteroatoms. The predicted molar refractivity (Wildman–Crippen MR) is 72.5 cm³/mol.